The minimum atomic E-state index is -3.79. The summed E-state index contributed by atoms with van der Waals surface area (Å²) in [5.74, 6) is 0.748. The number of piperazine rings is 1. The van der Waals surface area contributed by atoms with Gasteiger partial charge < -0.3 is 18.9 Å². The predicted octanol–water partition coefficient (Wildman–Crippen LogP) is 1.31. The van der Waals surface area contributed by atoms with E-state index in [1.807, 2.05) is 29.9 Å². The highest BCUT2D eigenvalue weighted by Crippen LogP contribution is 2.29. The van der Waals surface area contributed by atoms with Gasteiger partial charge in [0, 0.05) is 57.7 Å². The largest absolute Gasteiger partial charge is 0.497 e. The molecule has 0 aliphatic carbocycles. The Bertz CT molecular complexity index is 920. The van der Waals surface area contributed by atoms with Gasteiger partial charge in [-0.05, 0) is 31.3 Å². The third kappa shape index (κ3) is 4.92. The molecule has 29 heavy (non-hydrogen) atoms. The van der Waals surface area contributed by atoms with Crippen molar-refractivity contribution in [3.05, 3.63) is 42.2 Å². The van der Waals surface area contributed by atoms with Crippen molar-refractivity contribution in [3.8, 4) is 11.5 Å². The molecule has 1 aliphatic rings. The lowest BCUT2D eigenvalue weighted by Gasteiger charge is -2.38. The lowest BCUT2D eigenvalue weighted by Crippen LogP contribution is -2.48. The first kappa shape index (κ1) is 21.6. The molecule has 1 saturated heterocycles. The predicted molar refractivity (Wildman–Crippen MR) is 112 cm³/mol. The van der Waals surface area contributed by atoms with Crippen LogP contribution in [-0.2, 0) is 17.1 Å². The number of nitrogens with zero attached hydrogens (tertiary/aromatic N) is 3. The van der Waals surface area contributed by atoms with Gasteiger partial charge in [0.25, 0.3) is 0 Å². The summed E-state index contributed by atoms with van der Waals surface area (Å²) >= 11 is 0. The molecule has 0 saturated carbocycles. The van der Waals surface area contributed by atoms with Crippen molar-refractivity contribution in [1.82, 2.24) is 19.1 Å². The molecule has 0 amide bonds. The second kappa shape index (κ2) is 9.17. The molecular weight excluding hydrogens is 392 g/mol. The van der Waals surface area contributed by atoms with Crippen LogP contribution in [0.1, 0.15) is 11.7 Å². The van der Waals surface area contributed by atoms with E-state index < -0.39 is 10.0 Å². The second-order valence-electron chi connectivity index (χ2n) is 7.27. The maximum absolute atomic E-state index is 13.1. The third-order valence-corrected chi connectivity index (χ3v) is 6.88. The minimum absolute atomic E-state index is 0.0601. The van der Waals surface area contributed by atoms with Crippen molar-refractivity contribution >= 4 is 10.0 Å². The van der Waals surface area contributed by atoms with Crippen LogP contribution >= 0.6 is 0 Å². The Hall–Kier alpha value is -2.07. The first-order valence-corrected chi connectivity index (χ1v) is 11.1. The van der Waals surface area contributed by atoms with Crippen LogP contribution in [0.25, 0.3) is 0 Å². The van der Waals surface area contributed by atoms with Gasteiger partial charge in [0.15, 0.2) is 0 Å². The maximum atomic E-state index is 13.1. The Morgan fingerprint density at radius 3 is 2.38 bits per heavy atom. The summed E-state index contributed by atoms with van der Waals surface area (Å²) in [6.45, 7) is 3.95. The molecule has 0 spiro atoms. The number of sulfonamides is 1. The summed E-state index contributed by atoms with van der Waals surface area (Å²) in [6, 6.07) is 8.72. The summed E-state index contributed by atoms with van der Waals surface area (Å²) in [5.41, 5.74) is 1.08. The highest BCUT2D eigenvalue weighted by molar-refractivity contribution is 7.89. The van der Waals surface area contributed by atoms with Crippen LogP contribution in [0.5, 0.6) is 11.5 Å². The van der Waals surface area contributed by atoms with Crippen LogP contribution in [0.15, 0.2) is 41.4 Å². The molecule has 8 nitrogen and oxygen atoms in total. The number of rotatable bonds is 8. The topological polar surface area (TPSA) is 76.0 Å². The fourth-order valence-corrected chi connectivity index (χ4v) is 4.86. The normalized spacial score (nSPS) is 17.2. The zero-order chi connectivity index (χ0) is 21.0. The van der Waals surface area contributed by atoms with Gasteiger partial charge >= 0.3 is 0 Å². The lowest BCUT2D eigenvalue weighted by atomic mass is 10.1. The quantitative estimate of drug-likeness (QED) is 0.691. The van der Waals surface area contributed by atoms with Gasteiger partial charge in [-0.15, -0.1) is 0 Å². The zero-order valence-electron chi connectivity index (χ0n) is 17.5. The van der Waals surface area contributed by atoms with E-state index in [4.69, 9.17) is 9.47 Å². The number of methoxy groups -OCH3 is 2. The van der Waals surface area contributed by atoms with Crippen LogP contribution in [0, 0.1) is 0 Å². The average Bonchev–Trinajstić information content (AvgIpc) is 3.14. The summed E-state index contributed by atoms with van der Waals surface area (Å²) in [5, 5.41) is 0. The van der Waals surface area contributed by atoms with Gasteiger partial charge in [0.2, 0.25) is 10.0 Å². The fraction of sp³-hybridized carbons (Fsp3) is 0.500. The zero-order valence-corrected chi connectivity index (χ0v) is 18.3. The molecule has 1 N–H and O–H groups in total. The number of nitrogens with one attached hydrogen (secondary N) is 1. The van der Waals surface area contributed by atoms with Gasteiger partial charge in [-0.3, -0.25) is 4.90 Å². The van der Waals surface area contributed by atoms with E-state index in [0.29, 0.717) is 5.75 Å². The standard InChI is InChI=1S/C20H30N4O4S/c1-22-10-12-24(13-11-22)18(17-6-5-9-23(17)2)15-21-29(25,26)20-14-16(27-3)7-8-19(20)28-4/h5-9,14,18,21H,10-13,15H2,1-4H3/t18-/m1/s1. The fourth-order valence-electron chi connectivity index (χ4n) is 3.64. The Labute approximate surface area is 173 Å². The van der Waals surface area contributed by atoms with E-state index in [1.54, 1.807) is 12.1 Å². The van der Waals surface area contributed by atoms with Crippen LogP contribution in [0.2, 0.25) is 0 Å². The number of hydrogen-bond donors (Lipinski definition) is 1. The Balaban J connectivity index is 1.84. The lowest BCUT2D eigenvalue weighted by molar-refractivity contribution is 0.109. The van der Waals surface area contributed by atoms with Crippen molar-refractivity contribution in [2.75, 3.05) is 54.0 Å². The summed E-state index contributed by atoms with van der Waals surface area (Å²) in [4.78, 5) is 4.69. The first-order valence-electron chi connectivity index (χ1n) is 9.61. The van der Waals surface area contributed by atoms with Crippen molar-refractivity contribution in [2.24, 2.45) is 7.05 Å². The summed E-state index contributed by atoms with van der Waals surface area (Å²) in [6.07, 6.45) is 1.98. The minimum Gasteiger partial charge on any atom is -0.497 e. The molecule has 1 aromatic carbocycles. The summed E-state index contributed by atoms with van der Waals surface area (Å²) in [7, 11) is 3.26. The van der Waals surface area contributed by atoms with E-state index in [9.17, 15) is 8.42 Å². The van der Waals surface area contributed by atoms with Crippen molar-refractivity contribution in [2.45, 2.75) is 10.9 Å². The Morgan fingerprint density at radius 2 is 1.79 bits per heavy atom. The van der Waals surface area contributed by atoms with Gasteiger partial charge in [-0.1, -0.05) is 0 Å². The van der Waals surface area contributed by atoms with E-state index in [2.05, 4.69) is 21.6 Å². The molecule has 160 valence electrons. The van der Waals surface area contributed by atoms with E-state index in [0.717, 1.165) is 31.9 Å². The second-order valence-corrected chi connectivity index (χ2v) is 9.00. The third-order valence-electron chi connectivity index (χ3n) is 5.43. The highest BCUT2D eigenvalue weighted by Gasteiger charge is 2.28. The van der Waals surface area contributed by atoms with Crippen LogP contribution < -0.4 is 14.2 Å². The highest BCUT2D eigenvalue weighted by atomic mass is 32.2. The number of aryl methyl sites for hydroxylation is 1. The van der Waals surface area contributed by atoms with Gasteiger partial charge in [0.1, 0.15) is 16.4 Å². The van der Waals surface area contributed by atoms with Crippen LogP contribution in [0.3, 0.4) is 0 Å². The molecule has 0 radical (unpaired) electrons. The number of likely N-dealkylation sites (N-methyl/N-ethyl adjacent to an activating group) is 1. The smallest absolute Gasteiger partial charge is 0.244 e. The molecule has 1 aromatic heterocycles. The number of aromatic nitrogens is 1. The maximum Gasteiger partial charge on any atom is 0.244 e. The molecule has 3 rings (SSSR count). The van der Waals surface area contributed by atoms with Crippen LogP contribution in [0.4, 0.5) is 0 Å². The van der Waals surface area contributed by atoms with Gasteiger partial charge in [-0.25, -0.2) is 13.1 Å². The van der Waals surface area contributed by atoms with E-state index in [1.165, 1.54) is 20.3 Å². The van der Waals surface area contributed by atoms with E-state index in [-0.39, 0.29) is 23.2 Å². The Morgan fingerprint density at radius 1 is 1.07 bits per heavy atom. The van der Waals surface area contributed by atoms with Crippen molar-refractivity contribution in [1.29, 1.82) is 0 Å². The van der Waals surface area contributed by atoms with Gasteiger partial charge in [-0.2, -0.15) is 0 Å². The summed E-state index contributed by atoms with van der Waals surface area (Å²) < 4.78 is 41.5. The molecule has 2 heterocycles. The molecule has 0 bridgehead atoms. The number of benzene rings is 1. The SMILES string of the molecule is COc1ccc(OC)c(S(=O)(=O)NC[C@H](c2cccn2C)N2CCN(C)CC2)c1. The van der Waals surface area contributed by atoms with Crippen molar-refractivity contribution < 1.29 is 17.9 Å². The average molecular weight is 423 g/mol. The van der Waals surface area contributed by atoms with Gasteiger partial charge in [0.05, 0.1) is 20.3 Å². The molecule has 1 aliphatic heterocycles. The Kier molecular flexibility index (Phi) is 6.84. The molecule has 1 atom stereocenters. The van der Waals surface area contributed by atoms with E-state index >= 15 is 0 Å². The van der Waals surface area contributed by atoms with Crippen LogP contribution in [-0.4, -0.2) is 76.8 Å². The molecule has 2 aromatic rings. The molecule has 9 heteroatoms. The first-order chi connectivity index (χ1) is 13.9. The number of hydrogen-bond acceptors (Lipinski definition) is 6. The van der Waals surface area contributed by atoms with Crippen molar-refractivity contribution in [3.63, 3.8) is 0 Å². The monoisotopic (exact) mass is 422 g/mol. The number of ether oxygens (including phenoxy) is 2. The molecule has 0 unspecified atom stereocenters. The molecular formula is C20H30N4O4S. The molecule has 1 fully saturated rings.